The summed E-state index contributed by atoms with van der Waals surface area (Å²) in [5.74, 6) is 2.81. The van der Waals surface area contributed by atoms with E-state index in [0.717, 1.165) is 67.2 Å². The molecule has 0 aliphatic carbocycles. The van der Waals surface area contributed by atoms with Gasteiger partial charge in [0.25, 0.3) is 8.32 Å². The second-order valence-corrected chi connectivity index (χ2v) is 14.6. The van der Waals surface area contributed by atoms with Crippen molar-refractivity contribution in [3.63, 3.8) is 0 Å². The summed E-state index contributed by atoms with van der Waals surface area (Å²) in [6.07, 6.45) is 0. The molecule has 6 heteroatoms. The summed E-state index contributed by atoms with van der Waals surface area (Å²) in [7, 11) is -0.112. The van der Waals surface area contributed by atoms with Crippen LogP contribution in [0.5, 0.6) is 11.5 Å². The molecule has 0 radical (unpaired) electrons. The molecule has 1 saturated heterocycles. The molecule has 1 aliphatic rings. The molecular weight excluding hydrogens is 452 g/mol. The Morgan fingerprint density at radius 1 is 0.800 bits per heavy atom. The van der Waals surface area contributed by atoms with Crippen molar-refractivity contribution in [2.24, 2.45) is 0 Å². The van der Waals surface area contributed by atoms with Gasteiger partial charge < -0.3 is 23.4 Å². The standard InChI is InChI=1S/C29H42N2O3Si/c1-9-35(10-2,11-3)34-29-23(7)33-28-21(5)20(4)27(22(6)26(28)29)31-18-16-30(17-19-31)24-12-14-25(32-8)15-13-24/h12-15H,9-11,16-19H2,1-8H3. The summed E-state index contributed by atoms with van der Waals surface area (Å²) in [5, 5.41) is 1.19. The van der Waals surface area contributed by atoms with E-state index >= 15 is 0 Å². The molecule has 0 unspecified atom stereocenters. The highest BCUT2D eigenvalue weighted by Crippen LogP contribution is 2.45. The van der Waals surface area contributed by atoms with E-state index in [1.165, 1.54) is 33.5 Å². The van der Waals surface area contributed by atoms with E-state index in [-0.39, 0.29) is 0 Å². The summed E-state index contributed by atoms with van der Waals surface area (Å²) < 4.78 is 18.6. The lowest BCUT2D eigenvalue weighted by molar-refractivity contribution is 0.415. The Balaban J connectivity index is 1.68. The maximum Gasteiger partial charge on any atom is 0.250 e. The number of piperazine rings is 1. The highest BCUT2D eigenvalue weighted by Gasteiger charge is 2.34. The summed E-state index contributed by atoms with van der Waals surface area (Å²) in [4.78, 5) is 5.03. The highest BCUT2D eigenvalue weighted by molar-refractivity contribution is 6.74. The summed E-state index contributed by atoms with van der Waals surface area (Å²) in [6.45, 7) is 19.6. The van der Waals surface area contributed by atoms with Gasteiger partial charge in [-0.2, -0.15) is 0 Å². The van der Waals surface area contributed by atoms with Crippen LogP contribution in [0.1, 0.15) is 43.2 Å². The molecule has 2 heterocycles. The van der Waals surface area contributed by atoms with Gasteiger partial charge in [-0.1, -0.05) is 20.8 Å². The Morgan fingerprint density at radius 2 is 1.37 bits per heavy atom. The van der Waals surface area contributed by atoms with Crippen LogP contribution >= 0.6 is 0 Å². The molecule has 2 aromatic carbocycles. The van der Waals surface area contributed by atoms with Crippen molar-refractivity contribution >= 4 is 30.7 Å². The second-order valence-electron chi connectivity index (χ2n) is 9.93. The van der Waals surface area contributed by atoms with E-state index in [1.807, 2.05) is 12.1 Å². The van der Waals surface area contributed by atoms with Gasteiger partial charge >= 0.3 is 0 Å². The number of fused-ring (bicyclic) bond motifs is 1. The molecule has 0 atom stereocenters. The van der Waals surface area contributed by atoms with Crippen molar-refractivity contribution in [3.05, 3.63) is 46.7 Å². The lowest BCUT2D eigenvalue weighted by Gasteiger charge is -2.39. The minimum Gasteiger partial charge on any atom is -0.541 e. The topological polar surface area (TPSA) is 38.1 Å². The van der Waals surface area contributed by atoms with Gasteiger partial charge in [0.2, 0.25) is 0 Å². The normalized spacial score (nSPS) is 14.6. The molecule has 0 N–H and O–H groups in total. The van der Waals surface area contributed by atoms with Crippen molar-refractivity contribution in [1.82, 2.24) is 0 Å². The Labute approximate surface area is 212 Å². The minimum atomic E-state index is -1.82. The molecule has 4 rings (SSSR count). The fourth-order valence-electron chi connectivity index (χ4n) is 5.64. The molecule has 0 saturated carbocycles. The Bertz CT molecular complexity index is 1170. The molecule has 3 aromatic rings. The Morgan fingerprint density at radius 3 is 1.91 bits per heavy atom. The molecule has 1 aliphatic heterocycles. The second kappa shape index (κ2) is 10.2. The zero-order valence-corrected chi connectivity index (χ0v) is 23.9. The van der Waals surface area contributed by atoms with Crippen molar-refractivity contribution < 1.29 is 13.6 Å². The van der Waals surface area contributed by atoms with Crippen LogP contribution in [0.25, 0.3) is 11.0 Å². The van der Waals surface area contributed by atoms with Gasteiger partial charge in [-0.05, 0) is 86.8 Å². The first-order valence-corrected chi connectivity index (χ1v) is 15.7. The van der Waals surface area contributed by atoms with Crippen LogP contribution in [0.4, 0.5) is 11.4 Å². The molecule has 0 spiro atoms. The number of aryl methyl sites for hydroxylation is 3. The van der Waals surface area contributed by atoms with Crippen molar-refractivity contribution in [2.75, 3.05) is 43.1 Å². The third-order valence-corrected chi connectivity index (χ3v) is 12.8. The van der Waals surface area contributed by atoms with Crippen LogP contribution in [0.3, 0.4) is 0 Å². The van der Waals surface area contributed by atoms with Crippen molar-refractivity contribution in [1.29, 1.82) is 0 Å². The first kappa shape index (κ1) is 25.5. The predicted octanol–water partition coefficient (Wildman–Crippen LogP) is 7.39. The number of methoxy groups -OCH3 is 1. The first-order chi connectivity index (χ1) is 16.8. The van der Waals surface area contributed by atoms with Gasteiger partial charge in [0, 0.05) is 37.6 Å². The van der Waals surface area contributed by atoms with Crippen LogP contribution in [-0.2, 0) is 0 Å². The number of rotatable bonds is 8. The van der Waals surface area contributed by atoms with E-state index in [2.05, 4.69) is 70.4 Å². The van der Waals surface area contributed by atoms with Crippen LogP contribution in [0, 0.1) is 27.7 Å². The Kier molecular flexibility index (Phi) is 7.41. The highest BCUT2D eigenvalue weighted by atomic mass is 28.4. The smallest absolute Gasteiger partial charge is 0.250 e. The average Bonchev–Trinajstić information content (AvgIpc) is 3.22. The maximum atomic E-state index is 6.95. The fraction of sp³-hybridized carbons (Fsp3) is 0.517. The lowest BCUT2D eigenvalue weighted by Crippen LogP contribution is -2.47. The van der Waals surface area contributed by atoms with Crippen LogP contribution < -0.4 is 19.0 Å². The van der Waals surface area contributed by atoms with Crippen molar-refractivity contribution in [2.45, 2.75) is 66.6 Å². The van der Waals surface area contributed by atoms with Gasteiger partial charge in [-0.3, -0.25) is 0 Å². The lowest BCUT2D eigenvalue weighted by atomic mass is 9.97. The summed E-state index contributed by atoms with van der Waals surface area (Å²) in [6, 6.07) is 11.8. The quantitative estimate of drug-likeness (QED) is 0.305. The summed E-state index contributed by atoms with van der Waals surface area (Å²) >= 11 is 0. The molecule has 5 nitrogen and oxygen atoms in total. The number of benzene rings is 2. The zero-order chi connectivity index (χ0) is 25.3. The Hall–Kier alpha value is -2.60. The number of hydrogen-bond acceptors (Lipinski definition) is 5. The number of furan rings is 1. The van der Waals surface area contributed by atoms with Gasteiger partial charge in [-0.25, -0.2) is 0 Å². The minimum absolute atomic E-state index is 0.900. The SMILES string of the molecule is CC[Si](CC)(CC)Oc1c(C)oc2c(C)c(C)c(N3CCN(c4ccc(OC)cc4)CC3)c(C)c12. The molecule has 35 heavy (non-hydrogen) atoms. The average molecular weight is 495 g/mol. The van der Waals surface area contributed by atoms with Crippen LogP contribution in [-0.4, -0.2) is 41.6 Å². The molecule has 1 aromatic heterocycles. The van der Waals surface area contributed by atoms with Crippen LogP contribution in [0.15, 0.2) is 28.7 Å². The fourth-order valence-corrected chi connectivity index (χ4v) is 8.26. The third-order valence-electron chi connectivity index (χ3n) is 8.30. The third kappa shape index (κ3) is 4.53. The number of ether oxygens (including phenoxy) is 1. The van der Waals surface area contributed by atoms with E-state index in [0.29, 0.717) is 0 Å². The van der Waals surface area contributed by atoms with E-state index in [9.17, 15) is 0 Å². The van der Waals surface area contributed by atoms with Gasteiger partial charge in [0.05, 0.1) is 12.5 Å². The molecule has 1 fully saturated rings. The molecule has 0 bridgehead atoms. The van der Waals surface area contributed by atoms with Gasteiger partial charge in [0.15, 0.2) is 5.75 Å². The van der Waals surface area contributed by atoms with Gasteiger partial charge in [0.1, 0.15) is 17.1 Å². The van der Waals surface area contributed by atoms with Gasteiger partial charge in [-0.15, -0.1) is 0 Å². The molecule has 190 valence electrons. The number of anilines is 2. The summed E-state index contributed by atoms with van der Waals surface area (Å²) in [5.41, 5.74) is 7.45. The maximum absolute atomic E-state index is 6.95. The molecular formula is C29H42N2O3Si. The monoisotopic (exact) mass is 494 g/mol. The van der Waals surface area contributed by atoms with E-state index < -0.39 is 8.32 Å². The zero-order valence-electron chi connectivity index (χ0n) is 22.9. The van der Waals surface area contributed by atoms with Crippen molar-refractivity contribution in [3.8, 4) is 11.5 Å². The van der Waals surface area contributed by atoms with Crippen LogP contribution in [0.2, 0.25) is 18.1 Å². The number of hydrogen-bond donors (Lipinski definition) is 0. The largest absolute Gasteiger partial charge is 0.541 e. The van der Waals surface area contributed by atoms with E-state index in [4.69, 9.17) is 13.6 Å². The van der Waals surface area contributed by atoms with E-state index in [1.54, 1.807) is 7.11 Å². The molecule has 0 amide bonds. The first-order valence-electron chi connectivity index (χ1n) is 13.1. The predicted molar refractivity (Wildman–Crippen MR) is 150 cm³/mol. The number of nitrogens with zero attached hydrogens (tertiary/aromatic N) is 2.